The molecule has 0 atom stereocenters. The minimum absolute atomic E-state index is 0.0933. The molecule has 3 heteroatoms. The van der Waals surface area contributed by atoms with Gasteiger partial charge in [0.05, 0.1) is 6.10 Å². The zero-order valence-corrected chi connectivity index (χ0v) is 10.4. The van der Waals surface area contributed by atoms with Gasteiger partial charge in [0.15, 0.2) is 0 Å². The highest BCUT2D eigenvalue weighted by Crippen LogP contribution is 2.12. The topological polar surface area (TPSA) is 32.7 Å². The molecule has 1 N–H and O–H groups in total. The number of piperidine rings is 1. The van der Waals surface area contributed by atoms with Crippen LogP contribution in [0.5, 0.6) is 5.75 Å². The van der Waals surface area contributed by atoms with Gasteiger partial charge < -0.3 is 9.84 Å². The van der Waals surface area contributed by atoms with Crippen molar-refractivity contribution in [2.24, 2.45) is 0 Å². The quantitative estimate of drug-likeness (QED) is 0.864. The van der Waals surface area contributed by atoms with Gasteiger partial charge in [-0.15, -0.1) is 0 Å². The zero-order chi connectivity index (χ0) is 12.1. The normalized spacial score (nSPS) is 18.2. The molecule has 2 rings (SSSR count). The van der Waals surface area contributed by atoms with Crippen molar-refractivity contribution >= 4 is 0 Å². The number of hydrogen-bond acceptors (Lipinski definition) is 3. The summed E-state index contributed by atoms with van der Waals surface area (Å²) in [5.41, 5.74) is 1.25. The fourth-order valence-electron chi connectivity index (χ4n) is 2.07. The van der Waals surface area contributed by atoms with Crippen molar-refractivity contribution in [3.8, 4) is 5.75 Å². The molecule has 94 valence electrons. The summed E-state index contributed by atoms with van der Waals surface area (Å²) in [5.74, 6) is 0.938. The molecule has 0 unspecified atom stereocenters. The summed E-state index contributed by atoms with van der Waals surface area (Å²) in [6, 6.07) is 8.14. The van der Waals surface area contributed by atoms with Crippen LogP contribution in [-0.4, -0.2) is 42.4 Å². The van der Waals surface area contributed by atoms with Crippen LogP contribution in [0.25, 0.3) is 0 Å². The lowest BCUT2D eigenvalue weighted by Gasteiger charge is -2.29. The Labute approximate surface area is 103 Å². The van der Waals surface area contributed by atoms with Crippen LogP contribution in [-0.2, 0) is 0 Å². The Kier molecular flexibility index (Phi) is 4.40. The van der Waals surface area contributed by atoms with E-state index >= 15 is 0 Å². The van der Waals surface area contributed by atoms with Crippen molar-refractivity contribution < 1.29 is 9.84 Å². The number of nitrogens with zero attached hydrogens (tertiary/aromatic N) is 1. The molecule has 0 bridgehead atoms. The van der Waals surface area contributed by atoms with E-state index in [1.165, 1.54) is 5.56 Å². The molecule has 0 aromatic heterocycles. The summed E-state index contributed by atoms with van der Waals surface area (Å²) in [4.78, 5) is 2.35. The first-order chi connectivity index (χ1) is 8.24. The van der Waals surface area contributed by atoms with E-state index in [4.69, 9.17) is 4.74 Å². The number of likely N-dealkylation sites (tertiary alicyclic amines) is 1. The van der Waals surface area contributed by atoms with E-state index in [1.807, 2.05) is 12.1 Å². The standard InChI is InChI=1S/C14H21NO2/c1-12-2-4-14(5-3-12)17-11-10-15-8-6-13(16)7-9-15/h2-5,13,16H,6-11H2,1H3. The van der Waals surface area contributed by atoms with Gasteiger partial charge in [-0.2, -0.15) is 0 Å². The summed E-state index contributed by atoms with van der Waals surface area (Å²) in [5, 5.41) is 9.40. The van der Waals surface area contributed by atoms with Crippen LogP contribution >= 0.6 is 0 Å². The second kappa shape index (κ2) is 6.03. The fourth-order valence-corrected chi connectivity index (χ4v) is 2.07. The molecule has 1 aliphatic heterocycles. The van der Waals surface area contributed by atoms with E-state index < -0.39 is 0 Å². The van der Waals surface area contributed by atoms with Gasteiger partial charge in [0, 0.05) is 19.6 Å². The highest BCUT2D eigenvalue weighted by Gasteiger charge is 2.16. The van der Waals surface area contributed by atoms with Crippen LogP contribution in [0.2, 0.25) is 0 Å². The van der Waals surface area contributed by atoms with Gasteiger partial charge in [-0.1, -0.05) is 17.7 Å². The van der Waals surface area contributed by atoms with E-state index in [9.17, 15) is 5.11 Å². The summed E-state index contributed by atoms with van der Waals surface area (Å²) >= 11 is 0. The first-order valence-corrected chi connectivity index (χ1v) is 6.34. The number of aryl methyl sites for hydroxylation is 1. The first-order valence-electron chi connectivity index (χ1n) is 6.34. The first kappa shape index (κ1) is 12.4. The monoisotopic (exact) mass is 235 g/mol. The van der Waals surface area contributed by atoms with Crippen molar-refractivity contribution in [2.75, 3.05) is 26.2 Å². The number of benzene rings is 1. The molecule has 3 nitrogen and oxygen atoms in total. The maximum absolute atomic E-state index is 9.40. The van der Waals surface area contributed by atoms with E-state index in [0.29, 0.717) is 0 Å². The average Bonchev–Trinajstić information content (AvgIpc) is 2.34. The average molecular weight is 235 g/mol. The Morgan fingerprint density at radius 1 is 1.24 bits per heavy atom. The minimum Gasteiger partial charge on any atom is -0.492 e. The summed E-state index contributed by atoms with van der Waals surface area (Å²) in [6.45, 7) is 5.71. The van der Waals surface area contributed by atoms with Crippen LogP contribution in [0.1, 0.15) is 18.4 Å². The second-order valence-electron chi connectivity index (χ2n) is 4.73. The van der Waals surface area contributed by atoms with Gasteiger partial charge in [-0.3, -0.25) is 4.90 Å². The molecule has 1 aromatic rings. The molecule has 0 aliphatic carbocycles. The molecular weight excluding hydrogens is 214 g/mol. The SMILES string of the molecule is Cc1ccc(OCCN2CCC(O)CC2)cc1. The third-order valence-corrected chi connectivity index (χ3v) is 3.25. The molecule has 1 saturated heterocycles. The van der Waals surface area contributed by atoms with Crippen LogP contribution in [0.4, 0.5) is 0 Å². The predicted molar refractivity (Wildman–Crippen MR) is 68.4 cm³/mol. The van der Waals surface area contributed by atoms with Gasteiger partial charge in [0.2, 0.25) is 0 Å². The Morgan fingerprint density at radius 2 is 1.88 bits per heavy atom. The molecule has 0 saturated carbocycles. The van der Waals surface area contributed by atoms with Gasteiger partial charge in [-0.05, 0) is 31.9 Å². The second-order valence-corrected chi connectivity index (χ2v) is 4.73. The lowest BCUT2D eigenvalue weighted by molar-refractivity contribution is 0.0755. The summed E-state index contributed by atoms with van der Waals surface area (Å²) < 4.78 is 5.69. The summed E-state index contributed by atoms with van der Waals surface area (Å²) in [7, 11) is 0. The third-order valence-electron chi connectivity index (χ3n) is 3.25. The maximum Gasteiger partial charge on any atom is 0.119 e. The Morgan fingerprint density at radius 3 is 2.53 bits per heavy atom. The van der Waals surface area contributed by atoms with E-state index in [1.54, 1.807) is 0 Å². The van der Waals surface area contributed by atoms with Crippen LogP contribution < -0.4 is 4.74 Å². The van der Waals surface area contributed by atoms with Gasteiger partial charge in [0.25, 0.3) is 0 Å². The summed E-state index contributed by atoms with van der Waals surface area (Å²) in [6.07, 6.45) is 1.69. The highest BCUT2D eigenvalue weighted by molar-refractivity contribution is 5.26. The fraction of sp³-hybridized carbons (Fsp3) is 0.571. The van der Waals surface area contributed by atoms with Crippen molar-refractivity contribution in [1.82, 2.24) is 4.90 Å². The Balaban J connectivity index is 1.67. The van der Waals surface area contributed by atoms with Gasteiger partial charge in [-0.25, -0.2) is 0 Å². The number of rotatable bonds is 4. The van der Waals surface area contributed by atoms with Crippen LogP contribution in [0.15, 0.2) is 24.3 Å². The molecular formula is C14H21NO2. The Hall–Kier alpha value is -1.06. The van der Waals surface area contributed by atoms with Gasteiger partial charge >= 0.3 is 0 Å². The molecule has 17 heavy (non-hydrogen) atoms. The molecule has 1 heterocycles. The number of ether oxygens (including phenoxy) is 1. The minimum atomic E-state index is -0.0933. The lowest BCUT2D eigenvalue weighted by Crippen LogP contribution is -2.38. The lowest BCUT2D eigenvalue weighted by atomic mass is 10.1. The van der Waals surface area contributed by atoms with Gasteiger partial charge in [0.1, 0.15) is 12.4 Å². The highest BCUT2D eigenvalue weighted by atomic mass is 16.5. The van der Waals surface area contributed by atoms with E-state index in [2.05, 4.69) is 24.0 Å². The molecule has 1 fully saturated rings. The van der Waals surface area contributed by atoms with Crippen molar-refractivity contribution in [1.29, 1.82) is 0 Å². The van der Waals surface area contributed by atoms with Crippen molar-refractivity contribution in [3.05, 3.63) is 29.8 Å². The molecule has 1 aromatic carbocycles. The largest absolute Gasteiger partial charge is 0.492 e. The van der Waals surface area contributed by atoms with E-state index in [-0.39, 0.29) is 6.10 Å². The van der Waals surface area contributed by atoms with Crippen molar-refractivity contribution in [2.45, 2.75) is 25.9 Å². The maximum atomic E-state index is 9.40. The smallest absolute Gasteiger partial charge is 0.119 e. The predicted octanol–water partition coefficient (Wildman–Crippen LogP) is 1.83. The van der Waals surface area contributed by atoms with Crippen LogP contribution in [0, 0.1) is 6.92 Å². The number of aliphatic hydroxyl groups is 1. The molecule has 0 amide bonds. The zero-order valence-electron chi connectivity index (χ0n) is 10.4. The number of hydrogen-bond donors (Lipinski definition) is 1. The molecule has 0 radical (unpaired) electrons. The molecule has 0 spiro atoms. The van der Waals surface area contributed by atoms with E-state index in [0.717, 1.165) is 44.8 Å². The Bertz CT molecular complexity index is 329. The third kappa shape index (κ3) is 4.02. The van der Waals surface area contributed by atoms with Crippen LogP contribution in [0.3, 0.4) is 0 Å². The van der Waals surface area contributed by atoms with Crippen molar-refractivity contribution in [3.63, 3.8) is 0 Å². The number of aliphatic hydroxyl groups excluding tert-OH is 1. The molecule has 1 aliphatic rings.